The molecule has 3 nitrogen and oxygen atoms in total. The molecule has 0 spiro atoms. The summed E-state index contributed by atoms with van der Waals surface area (Å²) in [4.78, 5) is 8.88. The molecule has 0 amide bonds. The van der Waals surface area contributed by atoms with Crippen LogP contribution in [0.15, 0.2) is 0 Å². The zero-order chi connectivity index (χ0) is 14.5. The van der Waals surface area contributed by atoms with Crippen molar-refractivity contribution in [3.05, 3.63) is 10.6 Å². The minimum Gasteiger partial charge on any atom is -0.345 e. The lowest BCUT2D eigenvalue weighted by Crippen LogP contribution is -2.42. The van der Waals surface area contributed by atoms with Crippen molar-refractivity contribution in [2.24, 2.45) is 5.92 Å². The molecule has 2 unspecified atom stereocenters. The molecule has 0 saturated carbocycles. The van der Waals surface area contributed by atoms with Crippen LogP contribution in [-0.2, 0) is 13.0 Å². The summed E-state index contributed by atoms with van der Waals surface area (Å²) in [5.74, 6) is 0.777. The Morgan fingerprint density at radius 3 is 2.85 bits per heavy atom. The van der Waals surface area contributed by atoms with Gasteiger partial charge in [0.2, 0.25) is 0 Å². The molecule has 2 heterocycles. The van der Waals surface area contributed by atoms with E-state index in [1.807, 2.05) is 11.3 Å². The molecular formula is C16H29N3S. The highest BCUT2D eigenvalue weighted by Crippen LogP contribution is 2.33. The molecule has 1 aromatic rings. The first-order valence-electron chi connectivity index (χ1n) is 8.13. The lowest BCUT2D eigenvalue weighted by Gasteiger charge is -2.37. The molecule has 1 aliphatic heterocycles. The third kappa shape index (κ3) is 3.53. The van der Waals surface area contributed by atoms with E-state index in [2.05, 4.69) is 37.9 Å². The van der Waals surface area contributed by atoms with Crippen LogP contribution in [0.1, 0.15) is 57.5 Å². The second-order valence-electron chi connectivity index (χ2n) is 5.95. The topological polar surface area (TPSA) is 28.2 Å². The molecule has 20 heavy (non-hydrogen) atoms. The number of thiazole rings is 1. The Labute approximate surface area is 127 Å². The van der Waals surface area contributed by atoms with Crippen LogP contribution in [0.3, 0.4) is 0 Å². The van der Waals surface area contributed by atoms with Crippen LogP contribution < -0.4 is 10.2 Å². The van der Waals surface area contributed by atoms with E-state index in [0.29, 0.717) is 6.04 Å². The van der Waals surface area contributed by atoms with Crippen molar-refractivity contribution in [1.29, 1.82) is 0 Å². The number of rotatable bonds is 6. The van der Waals surface area contributed by atoms with Gasteiger partial charge in [0.05, 0.1) is 5.69 Å². The third-order valence-corrected chi connectivity index (χ3v) is 5.57. The first-order valence-corrected chi connectivity index (χ1v) is 8.94. The molecule has 1 N–H and O–H groups in total. The second kappa shape index (κ2) is 7.41. The van der Waals surface area contributed by atoms with E-state index in [9.17, 15) is 0 Å². The minimum atomic E-state index is 0.621. The third-order valence-electron chi connectivity index (χ3n) is 4.43. The fraction of sp³-hybridized carbons (Fsp3) is 0.812. The summed E-state index contributed by atoms with van der Waals surface area (Å²) in [5, 5.41) is 4.76. The van der Waals surface area contributed by atoms with Crippen molar-refractivity contribution in [2.75, 3.05) is 18.0 Å². The monoisotopic (exact) mass is 295 g/mol. The SMILES string of the molecule is CCCNCc1sc(N2CCCC(C)C2C)nc1CC. The Bertz CT molecular complexity index is 416. The van der Waals surface area contributed by atoms with E-state index >= 15 is 0 Å². The van der Waals surface area contributed by atoms with Gasteiger partial charge in [-0.25, -0.2) is 4.98 Å². The van der Waals surface area contributed by atoms with E-state index < -0.39 is 0 Å². The summed E-state index contributed by atoms with van der Waals surface area (Å²) in [6.45, 7) is 12.4. The summed E-state index contributed by atoms with van der Waals surface area (Å²) < 4.78 is 0. The summed E-state index contributed by atoms with van der Waals surface area (Å²) in [5.41, 5.74) is 1.29. The summed E-state index contributed by atoms with van der Waals surface area (Å²) in [6, 6.07) is 0.621. The number of hydrogen-bond donors (Lipinski definition) is 1. The first-order chi connectivity index (χ1) is 9.67. The molecule has 0 aliphatic carbocycles. The zero-order valence-electron chi connectivity index (χ0n) is 13.4. The molecular weight excluding hydrogens is 266 g/mol. The van der Waals surface area contributed by atoms with Gasteiger partial charge in [0.25, 0.3) is 0 Å². The van der Waals surface area contributed by atoms with Crippen LogP contribution in [0, 0.1) is 5.92 Å². The molecule has 0 radical (unpaired) electrons. The zero-order valence-corrected chi connectivity index (χ0v) is 14.2. The molecule has 2 atom stereocenters. The van der Waals surface area contributed by atoms with Crippen molar-refractivity contribution >= 4 is 16.5 Å². The Morgan fingerprint density at radius 1 is 1.35 bits per heavy atom. The molecule has 0 bridgehead atoms. The Balaban J connectivity index is 2.11. The van der Waals surface area contributed by atoms with E-state index in [1.54, 1.807) is 0 Å². The minimum absolute atomic E-state index is 0.621. The molecule has 2 rings (SSSR count). The Hall–Kier alpha value is -0.610. The summed E-state index contributed by atoms with van der Waals surface area (Å²) >= 11 is 1.90. The van der Waals surface area contributed by atoms with Crippen molar-refractivity contribution in [1.82, 2.24) is 10.3 Å². The van der Waals surface area contributed by atoms with Crippen molar-refractivity contribution in [2.45, 2.75) is 66.0 Å². The number of piperidine rings is 1. The highest BCUT2D eigenvalue weighted by atomic mass is 32.1. The van der Waals surface area contributed by atoms with E-state index in [-0.39, 0.29) is 0 Å². The van der Waals surface area contributed by atoms with E-state index in [1.165, 1.54) is 41.5 Å². The number of aryl methyl sites for hydroxylation is 1. The average Bonchev–Trinajstić information content (AvgIpc) is 2.85. The average molecular weight is 295 g/mol. The lowest BCUT2D eigenvalue weighted by molar-refractivity contribution is 0.363. The predicted octanol–water partition coefficient (Wildman–Crippen LogP) is 3.83. The highest BCUT2D eigenvalue weighted by molar-refractivity contribution is 7.15. The molecule has 1 aliphatic rings. The van der Waals surface area contributed by atoms with E-state index in [4.69, 9.17) is 4.98 Å². The van der Waals surface area contributed by atoms with Crippen LogP contribution in [-0.4, -0.2) is 24.1 Å². The smallest absolute Gasteiger partial charge is 0.186 e. The van der Waals surface area contributed by atoms with Crippen LogP contribution in [0.4, 0.5) is 5.13 Å². The summed E-state index contributed by atoms with van der Waals surface area (Å²) in [6.07, 6.45) is 4.88. The van der Waals surface area contributed by atoms with Gasteiger partial charge in [0.15, 0.2) is 5.13 Å². The second-order valence-corrected chi connectivity index (χ2v) is 7.01. The quantitative estimate of drug-likeness (QED) is 0.808. The molecule has 0 aromatic carbocycles. The maximum atomic E-state index is 4.92. The summed E-state index contributed by atoms with van der Waals surface area (Å²) in [7, 11) is 0. The number of nitrogens with zero attached hydrogens (tertiary/aromatic N) is 2. The van der Waals surface area contributed by atoms with Gasteiger partial charge in [0, 0.05) is 24.0 Å². The van der Waals surface area contributed by atoms with Gasteiger partial charge in [-0.3, -0.25) is 0 Å². The standard InChI is InChI=1S/C16H29N3S/c1-5-9-17-11-15-14(6-2)18-16(20-15)19-10-7-8-12(3)13(19)4/h12-13,17H,5-11H2,1-4H3. The Morgan fingerprint density at radius 2 is 2.15 bits per heavy atom. The van der Waals surface area contributed by atoms with Gasteiger partial charge in [-0.05, 0) is 45.1 Å². The maximum absolute atomic E-state index is 4.92. The molecule has 1 saturated heterocycles. The largest absolute Gasteiger partial charge is 0.345 e. The molecule has 1 fully saturated rings. The van der Waals surface area contributed by atoms with Crippen LogP contribution in [0.25, 0.3) is 0 Å². The number of anilines is 1. The predicted molar refractivity (Wildman–Crippen MR) is 88.7 cm³/mol. The fourth-order valence-electron chi connectivity index (χ4n) is 2.89. The van der Waals surface area contributed by atoms with Gasteiger partial charge in [0.1, 0.15) is 0 Å². The van der Waals surface area contributed by atoms with Crippen molar-refractivity contribution in [3.63, 3.8) is 0 Å². The van der Waals surface area contributed by atoms with Gasteiger partial charge in [-0.2, -0.15) is 0 Å². The number of hydrogen-bond acceptors (Lipinski definition) is 4. The number of nitrogens with one attached hydrogen (secondary N) is 1. The normalized spacial score (nSPS) is 23.3. The molecule has 114 valence electrons. The van der Waals surface area contributed by atoms with Crippen LogP contribution >= 0.6 is 11.3 Å². The van der Waals surface area contributed by atoms with Gasteiger partial charge < -0.3 is 10.2 Å². The highest BCUT2D eigenvalue weighted by Gasteiger charge is 2.27. The maximum Gasteiger partial charge on any atom is 0.186 e. The van der Waals surface area contributed by atoms with Gasteiger partial charge >= 0.3 is 0 Å². The van der Waals surface area contributed by atoms with E-state index in [0.717, 1.165) is 25.4 Å². The fourth-order valence-corrected chi connectivity index (χ4v) is 4.12. The van der Waals surface area contributed by atoms with Crippen LogP contribution in [0.5, 0.6) is 0 Å². The first kappa shape index (κ1) is 15.8. The Kier molecular flexibility index (Phi) is 5.85. The molecule has 1 aromatic heterocycles. The van der Waals surface area contributed by atoms with Gasteiger partial charge in [-0.1, -0.05) is 20.8 Å². The van der Waals surface area contributed by atoms with Crippen molar-refractivity contribution < 1.29 is 0 Å². The number of aromatic nitrogens is 1. The van der Waals surface area contributed by atoms with Crippen LogP contribution in [0.2, 0.25) is 0 Å². The van der Waals surface area contributed by atoms with Gasteiger partial charge in [-0.15, -0.1) is 11.3 Å². The molecule has 4 heteroatoms. The lowest BCUT2D eigenvalue weighted by atomic mass is 9.93. The van der Waals surface area contributed by atoms with Crippen molar-refractivity contribution in [3.8, 4) is 0 Å².